The Labute approximate surface area is 189 Å². The lowest BCUT2D eigenvalue weighted by Gasteiger charge is -2.11. The van der Waals surface area contributed by atoms with Crippen molar-refractivity contribution in [1.29, 1.82) is 0 Å². The summed E-state index contributed by atoms with van der Waals surface area (Å²) in [7, 11) is -3.62. The number of sulfone groups is 1. The van der Waals surface area contributed by atoms with Gasteiger partial charge in [0, 0.05) is 0 Å². The Balaban J connectivity index is 1.46. The highest BCUT2D eigenvalue weighted by atomic mass is 32.2. The highest BCUT2D eigenvalue weighted by molar-refractivity contribution is 7.91. The van der Waals surface area contributed by atoms with Crippen molar-refractivity contribution in [2.75, 3.05) is 0 Å². The molecular weight excluding hydrogens is 420 g/mol. The van der Waals surface area contributed by atoms with Gasteiger partial charge in [-0.05, 0) is 85.6 Å². The number of hydrogen-bond acceptors (Lipinski definition) is 4. The molecule has 0 aromatic heterocycles. The molecule has 0 spiro atoms. The molecule has 0 fully saturated rings. The minimum Gasteiger partial charge on any atom is -0.491 e. The van der Waals surface area contributed by atoms with Crippen LogP contribution in [0.2, 0.25) is 0 Å². The van der Waals surface area contributed by atoms with E-state index in [0.29, 0.717) is 17.2 Å². The van der Waals surface area contributed by atoms with E-state index in [1.807, 2.05) is 56.3 Å². The van der Waals surface area contributed by atoms with Crippen LogP contribution in [-0.4, -0.2) is 14.5 Å². The minimum absolute atomic E-state index is 0.0274. The maximum atomic E-state index is 12.9. The van der Waals surface area contributed by atoms with E-state index >= 15 is 0 Å². The smallest absolute Gasteiger partial charge is 0.206 e. The van der Waals surface area contributed by atoms with Gasteiger partial charge in [-0.25, -0.2) is 8.42 Å². The molecule has 0 saturated heterocycles. The lowest BCUT2D eigenvalue weighted by atomic mass is 10.1. The third-order valence-electron chi connectivity index (χ3n) is 4.84. The van der Waals surface area contributed by atoms with Gasteiger partial charge in [-0.2, -0.15) is 0 Å². The Morgan fingerprint density at radius 3 is 1.50 bits per heavy atom. The van der Waals surface area contributed by atoms with Gasteiger partial charge in [0.1, 0.15) is 17.2 Å². The van der Waals surface area contributed by atoms with E-state index in [-0.39, 0.29) is 15.9 Å². The summed E-state index contributed by atoms with van der Waals surface area (Å²) in [6, 6.07) is 30.8. The van der Waals surface area contributed by atoms with Crippen LogP contribution in [-0.2, 0) is 9.84 Å². The lowest BCUT2D eigenvalue weighted by Crippen LogP contribution is -2.06. The topological polar surface area (TPSA) is 52.6 Å². The van der Waals surface area contributed by atoms with Crippen molar-refractivity contribution in [1.82, 2.24) is 0 Å². The van der Waals surface area contributed by atoms with Crippen LogP contribution in [0.4, 0.5) is 0 Å². The molecule has 0 atom stereocenters. The fourth-order valence-electron chi connectivity index (χ4n) is 3.27. The number of ether oxygens (including phenoxy) is 2. The van der Waals surface area contributed by atoms with Crippen LogP contribution in [0.25, 0.3) is 11.1 Å². The van der Waals surface area contributed by atoms with Crippen LogP contribution in [0.1, 0.15) is 13.8 Å². The van der Waals surface area contributed by atoms with E-state index in [4.69, 9.17) is 9.47 Å². The van der Waals surface area contributed by atoms with Crippen molar-refractivity contribution in [3.63, 3.8) is 0 Å². The summed E-state index contributed by atoms with van der Waals surface area (Å²) in [4.78, 5) is 0.431. The first-order chi connectivity index (χ1) is 15.4. The Bertz CT molecular complexity index is 1260. The highest BCUT2D eigenvalue weighted by Gasteiger charge is 2.18. The van der Waals surface area contributed by atoms with Crippen molar-refractivity contribution in [3.05, 3.63) is 103 Å². The van der Waals surface area contributed by atoms with Gasteiger partial charge < -0.3 is 9.47 Å². The van der Waals surface area contributed by atoms with E-state index in [1.54, 1.807) is 48.5 Å². The second-order valence-electron chi connectivity index (χ2n) is 7.61. The molecular formula is C27H24O4S. The van der Waals surface area contributed by atoms with Crippen molar-refractivity contribution in [3.8, 4) is 28.4 Å². The van der Waals surface area contributed by atoms with Gasteiger partial charge in [0.05, 0.1) is 15.9 Å². The zero-order valence-corrected chi connectivity index (χ0v) is 18.8. The SMILES string of the molecule is CC(C)Oc1ccc(S(=O)(=O)c2ccc(Oc3ccc(-c4ccccc4)cc3)cc2)cc1. The molecule has 0 bridgehead atoms. The Hall–Kier alpha value is -3.57. The summed E-state index contributed by atoms with van der Waals surface area (Å²) in [5.74, 6) is 1.89. The molecule has 162 valence electrons. The standard InChI is InChI=1S/C27H24O4S/c1-20(2)30-23-12-16-26(17-13-23)32(28,29)27-18-14-25(15-19-27)31-24-10-8-22(9-11-24)21-6-4-3-5-7-21/h3-20H,1-2H3. The van der Waals surface area contributed by atoms with Crippen LogP contribution < -0.4 is 9.47 Å². The molecule has 4 rings (SSSR count). The largest absolute Gasteiger partial charge is 0.491 e. The maximum absolute atomic E-state index is 12.9. The Morgan fingerprint density at radius 2 is 1.00 bits per heavy atom. The molecule has 0 N–H and O–H groups in total. The van der Waals surface area contributed by atoms with Crippen LogP contribution in [0.3, 0.4) is 0 Å². The first-order valence-corrected chi connectivity index (χ1v) is 11.9. The predicted molar refractivity (Wildman–Crippen MR) is 126 cm³/mol. The molecule has 0 unspecified atom stereocenters. The van der Waals surface area contributed by atoms with Crippen LogP contribution in [0, 0.1) is 0 Å². The van der Waals surface area contributed by atoms with Crippen molar-refractivity contribution < 1.29 is 17.9 Å². The second kappa shape index (κ2) is 9.28. The summed E-state index contributed by atoms with van der Waals surface area (Å²) in [6.45, 7) is 3.85. The van der Waals surface area contributed by atoms with Crippen molar-refractivity contribution >= 4 is 9.84 Å². The van der Waals surface area contributed by atoms with Gasteiger partial charge in [0.15, 0.2) is 0 Å². The van der Waals surface area contributed by atoms with E-state index in [9.17, 15) is 8.42 Å². The van der Waals surface area contributed by atoms with Crippen molar-refractivity contribution in [2.45, 2.75) is 29.7 Å². The molecule has 0 aliphatic carbocycles. The number of hydrogen-bond donors (Lipinski definition) is 0. The minimum atomic E-state index is -3.62. The molecule has 4 aromatic carbocycles. The van der Waals surface area contributed by atoms with Gasteiger partial charge in [0.25, 0.3) is 0 Å². The Kier molecular flexibility index (Phi) is 6.28. The second-order valence-corrected chi connectivity index (χ2v) is 9.55. The molecule has 0 aliphatic heterocycles. The van der Waals surface area contributed by atoms with Gasteiger partial charge in [0.2, 0.25) is 9.84 Å². The average molecular weight is 445 g/mol. The van der Waals surface area contributed by atoms with Gasteiger partial charge in [-0.1, -0.05) is 42.5 Å². The maximum Gasteiger partial charge on any atom is 0.206 e. The van der Waals surface area contributed by atoms with Gasteiger partial charge in [-0.3, -0.25) is 0 Å². The summed E-state index contributed by atoms with van der Waals surface area (Å²) < 4.78 is 37.3. The van der Waals surface area contributed by atoms with E-state index in [0.717, 1.165) is 11.1 Å². The molecule has 32 heavy (non-hydrogen) atoms. The lowest BCUT2D eigenvalue weighted by molar-refractivity contribution is 0.242. The molecule has 0 heterocycles. The molecule has 0 aliphatic rings. The van der Waals surface area contributed by atoms with Crippen LogP contribution >= 0.6 is 0 Å². The number of rotatable bonds is 7. The van der Waals surface area contributed by atoms with E-state index < -0.39 is 9.84 Å². The summed E-state index contributed by atoms with van der Waals surface area (Å²) in [6.07, 6.45) is 0.0274. The fourth-order valence-corrected chi connectivity index (χ4v) is 4.54. The summed E-state index contributed by atoms with van der Waals surface area (Å²) in [5.41, 5.74) is 2.24. The van der Waals surface area contributed by atoms with E-state index in [1.165, 1.54) is 0 Å². The average Bonchev–Trinajstić information content (AvgIpc) is 2.80. The first-order valence-electron chi connectivity index (χ1n) is 10.4. The van der Waals surface area contributed by atoms with Crippen LogP contribution in [0.5, 0.6) is 17.2 Å². The first kappa shape index (κ1) is 21.7. The quantitative estimate of drug-likeness (QED) is 0.316. The number of benzene rings is 4. The highest BCUT2D eigenvalue weighted by Crippen LogP contribution is 2.28. The third kappa shape index (κ3) is 5.01. The van der Waals surface area contributed by atoms with Gasteiger partial charge >= 0.3 is 0 Å². The Morgan fingerprint density at radius 1 is 0.562 bits per heavy atom. The van der Waals surface area contributed by atoms with Gasteiger partial charge in [-0.15, -0.1) is 0 Å². The third-order valence-corrected chi connectivity index (χ3v) is 6.62. The van der Waals surface area contributed by atoms with E-state index in [2.05, 4.69) is 12.1 Å². The van der Waals surface area contributed by atoms with Crippen molar-refractivity contribution in [2.24, 2.45) is 0 Å². The molecule has 4 nitrogen and oxygen atoms in total. The zero-order chi connectivity index (χ0) is 22.6. The molecule has 0 amide bonds. The summed E-state index contributed by atoms with van der Waals surface area (Å²) >= 11 is 0. The fraction of sp³-hybridized carbons (Fsp3) is 0.111. The molecule has 4 aromatic rings. The molecule has 5 heteroatoms. The summed E-state index contributed by atoms with van der Waals surface area (Å²) in [5, 5.41) is 0. The molecule has 0 radical (unpaired) electrons. The normalized spacial score (nSPS) is 11.3. The monoisotopic (exact) mass is 444 g/mol. The predicted octanol–water partition coefficient (Wildman–Crippen LogP) is 6.77. The zero-order valence-electron chi connectivity index (χ0n) is 17.9. The van der Waals surface area contributed by atoms with Crippen LogP contribution in [0.15, 0.2) is 113 Å². The molecule has 0 saturated carbocycles.